The molecule has 0 spiro atoms. The van der Waals surface area contributed by atoms with Gasteiger partial charge in [-0.3, -0.25) is 14.2 Å². The summed E-state index contributed by atoms with van der Waals surface area (Å²) >= 11 is 0. The largest absolute Gasteiger partial charge is 0.489 e. The number of aldehydes is 1. The third kappa shape index (κ3) is 2.63. The Bertz CT molecular complexity index is 834. The molecule has 0 aliphatic carbocycles. The van der Waals surface area contributed by atoms with Crippen molar-refractivity contribution in [2.45, 2.75) is 13.5 Å². The summed E-state index contributed by atoms with van der Waals surface area (Å²) in [4.78, 5) is 22.8. The summed E-state index contributed by atoms with van der Waals surface area (Å²) in [6.45, 7) is 1.92. The Labute approximate surface area is 127 Å². The van der Waals surface area contributed by atoms with Crippen LogP contribution in [-0.2, 0) is 6.61 Å². The number of hydrogen-bond acceptors (Lipinski definition) is 3. The molecule has 0 aliphatic rings. The molecule has 0 saturated heterocycles. The van der Waals surface area contributed by atoms with Crippen molar-refractivity contribution in [1.82, 2.24) is 4.57 Å². The lowest BCUT2D eigenvalue weighted by Gasteiger charge is -2.07. The molecule has 22 heavy (non-hydrogen) atoms. The summed E-state index contributed by atoms with van der Waals surface area (Å²) in [5.74, 6) is 0.539. The Morgan fingerprint density at radius 2 is 1.95 bits per heavy atom. The van der Waals surface area contributed by atoms with Crippen LogP contribution in [0.4, 0.5) is 0 Å². The van der Waals surface area contributed by atoms with Gasteiger partial charge in [-0.25, -0.2) is 0 Å². The second-order valence-corrected chi connectivity index (χ2v) is 5.04. The first-order valence-corrected chi connectivity index (χ1v) is 6.97. The van der Waals surface area contributed by atoms with E-state index in [0.717, 1.165) is 17.2 Å². The van der Waals surface area contributed by atoms with Gasteiger partial charge in [0.1, 0.15) is 12.4 Å². The summed E-state index contributed by atoms with van der Waals surface area (Å²) in [7, 11) is 0. The van der Waals surface area contributed by atoms with E-state index in [4.69, 9.17) is 4.74 Å². The van der Waals surface area contributed by atoms with E-state index in [1.54, 1.807) is 24.4 Å². The highest BCUT2D eigenvalue weighted by Gasteiger charge is 2.11. The maximum absolute atomic E-state index is 11.6. The van der Waals surface area contributed by atoms with E-state index in [2.05, 4.69) is 0 Å². The van der Waals surface area contributed by atoms with Crippen LogP contribution in [0.1, 0.15) is 27.6 Å². The van der Waals surface area contributed by atoms with Crippen molar-refractivity contribution >= 4 is 23.1 Å². The quantitative estimate of drug-likeness (QED) is 0.689. The van der Waals surface area contributed by atoms with Crippen LogP contribution in [0.15, 0.2) is 54.7 Å². The summed E-state index contributed by atoms with van der Waals surface area (Å²) in [5.41, 5.74) is 2.26. The first-order valence-electron chi connectivity index (χ1n) is 6.97. The van der Waals surface area contributed by atoms with Gasteiger partial charge in [0.05, 0.1) is 5.52 Å². The van der Waals surface area contributed by atoms with Crippen LogP contribution in [0, 0.1) is 0 Å². The Morgan fingerprint density at radius 1 is 1.18 bits per heavy atom. The average Bonchev–Trinajstić information content (AvgIpc) is 2.92. The first kappa shape index (κ1) is 14.1. The predicted octanol–water partition coefficient (Wildman–Crippen LogP) is 3.69. The second-order valence-electron chi connectivity index (χ2n) is 5.04. The average molecular weight is 293 g/mol. The normalized spacial score (nSPS) is 10.6. The van der Waals surface area contributed by atoms with Gasteiger partial charge in [0.15, 0.2) is 6.29 Å². The maximum atomic E-state index is 11.6. The molecule has 0 unspecified atom stereocenters. The topological polar surface area (TPSA) is 48.3 Å². The predicted molar refractivity (Wildman–Crippen MR) is 84.4 cm³/mol. The van der Waals surface area contributed by atoms with Crippen molar-refractivity contribution in [2.75, 3.05) is 0 Å². The molecule has 0 atom stereocenters. The van der Waals surface area contributed by atoms with E-state index in [9.17, 15) is 9.59 Å². The van der Waals surface area contributed by atoms with Gasteiger partial charge in [0.25, 0.3) is 0 Å². The number of hydrogen-bond donors (Lipinski definition) is 0. The molecule has 3 rings (SSSR count). The minimum Gasteiger partial charge on any atom is -0.489 e. The molecule has 0 aliphatic heterocycles. The van der Waals surface area contributed by atoms with Gasteiger partial charge in [-0.2, -0.15) is 0 Å². The summed E-state index contributed by atoms with van der Waals surface area (Å²) in [5, 5.41) is 0.718. The molecular weight excluding hydrogens is 278 g/mol. The van der Waals surface area contributed by atoms with Crippen LogP contribution in [0.5, 0.6) is 5.75 Å². The number of rotatable bonds is 4. The fourth-order valence-corrected chi connectivity index (χ4v) is 2.42. The number of fused-ring (bicyclic) bond motifs is 1. The van der Waals surface area contributed by atoms with E-state index in [1.807, 2.05) is 30.3 Å². The molecule has 0 amide bonds. The van der Waals surface area contributed by atoms with Gasteiger partial charge in [0.2, 0.25) is 5.91 Å². The summed E-state index contributed by atoms with van der Waals surface area (Å²) < 4.78 is 7.23. The molecule has 0 bridgehead atoms. The van der Waals surface area contributed by atoms with Gasteiger partial charge in [-0.1, -0.05) is 30.3 Å². The van der Waals surface area contributed by atoms with Crippen LogP contribution < -0.4 is 4.74 Å². The van der Waals surface area contributed by atoms with Crippen molar-refractivity contribution < 1.29 is 14.3 Å². The highest BCUT2D eigenvalue weighted by atomic mass is 16.5. The maximum Gasteiger partial charge on any atom is 0.227 e. The Morgan fingerprint density at radius 3 is 2.64 bits per heavy atom. The molecule has 110 valence electrons. The van der Waals surface area contributed by atoms with Crippen LogP contribution in [0.25, 0.3) is 10.9 Å². The summed E-state index contributed by atoms with van der Waals surface area (Å²) in [6.07, 6.45) is 2.31. The highest BCUT2D eigenvalue weighted by Crippen LogP contribution is 2.25. The van der Waals surface area contributed by atoms with Crippen molar-refractivity contribution in [3.8, 4) is 5.75 Å². The fourth-order valence-electron chi connectivity index (χ4n) is 2.42. The SMILES string of the molecule is CC(=O)n1cc(C=O)c2cc(OCc3ccccc3)ccc21. The first-order chi connectivity index (χ1) is 10.7. The lowest BCUT2D eigenvalue weighted by Crippen LogP contribution is -2.03. The summed E-state index contributed by atoms with van der Waals surface area (Å²) in [6, 6.07) is 15.2. The number of benzene rings is 2. The van der Waals surface area contributed by atoms with Gasteiger partial charge in [0, 0.05) is 24.1 Å². The molecule has 2 aromatic carbocycles. The minimum absolute atomic E-state index is 0.129. The molecule has 4 nitrogen and oxygen atoms in total. The van der Waals surface area contributed by atoms with Crippen molar-refractivity contribution in [3.05, 3.63) is 65.9 Å². The lowest BCUT2D eigenvalue weighted by molar-refractivity contribution is 0.0941. The van der Waals surface area contributed by atoms with Crippen LogP contribution >= 0.6 is 0 Å². The molecule has 4 heteroatoms. The number of carbonyl (C=O) groups excluding carboxylic acids is 2. The molecular formula is C18H15NO3. The smallest absolute Gasteiger partial charge is 0.227 e. The Kier molecular flexibility index (Phi) is 3.74. The number of aromatic nitrogens is 1. The third-order valence-electron chi connectivity index (χ3n) is 3.52. The van der Waals surface area contributed by atoms with Crippen molar-refractivity contribution in [2.24, 2.45) is 0 Å². The number of ether oxygens (including phenoxy) is 1. The van der Waals surface area contributed by atoms with Crippen LogP contribution in [0.2, 0.25) is 0 Å². The minimum atomic E-state index is -0.129. The molecule has 0 N–H and O–H groups in total. The lowest BCUT2D eigenvalue weighted by atomic mass is 10.2. The Balaban J connectivity index is 1.92. The molecule has 1 aromatic heterocycles. The number of nitrogens with zero attached hydrogens (tertiary/aromatic N) is 1. The van der Waals surface area contributed by atoms with Crippen molar-refractivity contribution in [1.29, 1.82) is 0 Å². The number of carbonyl (C=O) groups is 2. The fraction of sp³-hybridized carbons (Fsp3) is 0.111. The van der Waals surface area contributed by atoms with Gasteiger partial charge in [-0.15, -0.1) is 0 Å². The molecule has 0 fully saturated rings. The van der Waals surface area contributed by atoms with E-state index < -0.39 is 0 Å². The third-order valence-corrected chi connectivity index (χ3v) is 3.52. The molecule has 1 heterocycles. The molecule has 3 aromatic rings. The van der Waals surface area contributed by atoms with Crippen LogP contribution in [-0.4, -0.2) is 16.8 Å². The molecule has 0 saturated carbocycles. The second kappa shape index (κ2) is 5.85. The Hall–Kier alpha value is -2.88. The monoisotopic (exact) mass is 293 g/mol. The van der Waals surface area contributed by atoms with E-state index in [0.29, 0.717) is 23.4 Å². The van der Waals surface area contributed by atoms with Crippen LogP contribution in [0.3, 0.4) is 0 Å². The standard InChI is InChI=1S/C18H15NO3/c1-13(21)19-10-15(11-20)17-9-16(7-8-18(17)19)22-12-14-5-3-2-4-6-14/h2-11H,12H2,1H3. The zero-order valence-corrected chi connectivity index (χ0v) is 12.2. The van der Waals surface area contributed by atoms with E-state index >= 15 is 0 Å². The van der Waals surface area contributed by atoms with Gasteiger partial charge >= 0.3 is 0 Å². The highest BCUT2D eigenvalue weighted by molar-refractivity contribution is 6.02. The van der Waals surface area contributed by atoms with Crippen molar-refractivity contribution in [3.63, 3.8) is 0 Å². The van der Waals surface area contributed by atoms with E-state index in [-0.39, 0.29) is 5.91 Å². The van der Waals surface area contributed by atoms with Gasteiger partial charge in [-0.05, 0) is 23.8 Å². The zero-order chi connectivity index (χ0) is 15.5. The van der Waals surface area contributed by atoms with Gasteiger partial charge < -0.3 is 4.74 Å². The van der Waals surface area contributed by atoms with E-state index in [1.165, 1.54) is 11.5 Å². The molecule has 0 radical (unpaired) electrons. The zero-order valence-electron chi connectivity index (χ0n) is 12.2.